The first kappa shape index (κ1) is 26.7. The van der Waals surface area contributed by atoms with E-state index in [0.29, 0.717) is 0 Å². The molecule has 2 heterocycles. The molecule has 3 aliphatic rings. The maximum atomic E-state index is 6.57. The molecule has 2 aliphatic carbocycles. The van der Waals surface area contributed by atoms with Crippen molar-refractivity contribution in [3.63, 3.8) is 0 Å². The van der Waals surface area contributed by atoms with Gasteiger partial charge in [-0.25, -0.2) is 0 Å². The second kappa shape index (κ2) is 8.93. The van der Waals surface area contributed by atoms with Gasteiger partial charge in [0.1, 0.15) is 0 Å². The van der Waals surface area contributed by atoms with E-state index in [4.69, 9.17) is 4.74 Å². The van der Waals surface area contributed by atoms with Gasteiger partial charge in [-0.1, -0.05) is 78.9 Å². The molecule has 1 fully saturated rings. The van der Waals surface area contributed by atoms with E-state index >= 15 is 0 Å². The van der Waals surface area contributed by atoms with Gasteiger partial charge in [0, 0.05) is 40.2 Å². The van der Waals surface area contributed by atoms with Crippen LogP contribution in [0.4, 0.5) is 0 Å². The maximum absolute atomic E-state index is 6.57. The number of nitrogens with zero attached hydrogens (tertiary/aromatic N) is 1. The number of rotatable bonds is 6. The van der Waals surface area contributed by atoms with E-state index in [1.807, 2.05) is 0 Å². The Balaban J connectivity index is 1.52. The predicted molar refractivity (Wildman–Crippen MR) is 176 cm³/mol. The molecular weight excluding hydrogens is 515 g/mol. The van der Waals surface area contributed by atoms with Gasteiger partial charge < -0.3 is 9.30 Å². The van der Waals surface area contributed by atoms with Gasteiger partial charge in [-0.15, -0.1) is 6.58 Å². The van der Waals surface area contributed by atoms with Crippen molar-refractivity contribution in [2.24, 2.45) is 7.05 Å². The second-order valence-electron chi connectivity index (χ2n) is 14.0. The third kappa shape index (κ3) is 3.39. The quantitative estimate of drug-likeness (QED) is 0.170. The molecule has 1 aliphatic heterocycles. The molecule has 0 radical (unpaired) electrons. The summed E-state index contributed by atoms with van der Waals surface area (Å²) >= 11 is 0. The summed E-state index contributed by atoms with van der Waals surface area (Å²) in [6.07, 6.45) is 8.04. The standard InChI is InChI=1S/C38H43NOSi/c1-8-9-14-27-24-37(31-17-12-10-15-28(27)31)25-38(41(37,7)22-21-40-36(3,4)5)32-18-13-11-16-29(32)35-34(38)30-23-26(2)19-20-33(30)39(35)6/h8,10-13,15-20,23-24H,1,9,14,21-22,25H2,2-7H3. The summed E-state index contributed by atoms with van der Waals surface area (Å²) in [5.74, 6) is 0. The van der Waals surface area contributed by atoms with Crippen LogP contribution in [0.25, 0.3) is 27.7 Å². The number of benzene rings is 3. The lowest BCUT2D eigenvalue weighted by molar-refractivity contribution is 0.00393. The Bertz CT molecular complexity index is 1750. The topological polar surface area (TPSA) is 14.2 Å². The number of ether oxygens (including phenoxy) is 1. The van der Waals surface area contributed by atoms with E-state index < -0.39 is 8.07 Å². The molecule has 0 bridgehead atoms. The zero-order valence-corrected chi connectivity index (χ0v) is 26.6. The van der Waals surface area contributed by atoms with Crippen molar-refractivity contribution in [2.45, 2.75) is 75.2 Å². The highest BCUT2D eigenvalue weighted by molar-refractivity contribution is 6.89. The first-order chi connectivity index (χ1) is 19.6. The molecule has 0 N–H and O–H groups in total. The van der Waals surface area contributed by atoms with E-state index in [1.165, 1.54) is 38.9 Å². The lowest BCUT2D eigenvalue weighted by atomic mass is 9.79. The van der Waals surface area contributed by atoms with Crippen LogP contribution in [-0.2, 0) is 21.9 Å². The van der Waals surface area contributed by atoms with Crippen molar-refractivity contribution in [2.75, 3.05) is 6.61 Å². The highest BCUT2D eigenvalue weighted by atomic mass is 28.3. The summed E-state index contributed by atoms with van der Waals surface area (Å²) in [6, 6.07) is 26.9. The summed E-state index contributed by atoms with van der Waals surface area (Å²) in [5, 5.41) is 1.57. The molecule has 2 nitrogen and oxygen atoms in total. The molecule has 3 atom stereocenters. The van der Waals surface area contributed by atoms with Crippen molar-refractivity contribution in [3.05, 3.63) is 113 Å². The Labute approximate surface area is 246 Å². The zero-order valence-electron chi connectivity index (χ0n) is 25.6. The first-order valence-corrected chi connectivity index (χ1v) is 18.0. The van der Waals surface area contributed by atoms with Gasteiger partial charge >= 0.3 is 0 Å². The summed E-state index contributed by atoms with van der Waals surface area (Å²) in [6.45, 7) is 16.4. The average molecular weight is 558 g/mol. The molecule has 3 heteroatoms. The van der Waals surface area contributed by atoms with E-state index in [1.54, 1.807) is 16.7 Å². The van der Waals surface area contributed by atoms with Crippen LogP contribution in [-0.4, -0.2) is 24.8 Å². The molecule has 3 aromatic carbocycles. The van der Waals surface area contributed by atoms with Crippen molar-refractivity contribution in [1.29, 1.82) is 0 Å². The van der Waals surface area contributed by atoms with Crippen LogP contribution in [0, 0.1) is 6.92 Å². The van der Waals surface area contributed by atoms with E-state index in [9.17, 15) is 0 Å². The van der Waals surface area contributed by atoms with Crippen LogP contribution in [0.2, 0.25) is 12.6 Å². The Hall–Kier alpha value is -3.14. The van der Waals surface area contributed by atoms with E-state index in [0.717, 1.165) is 31.9 Å². The largest absolute Gasteiger partial charge is 0.376 e. The van der Waals surface area contributed by atoms with E-state index in [2.05, 4.69) is 131 Å². The fourth-order valence-electron chi connectivity index (χ4n) is 9.01. The lowest BCUT2D eigenvalue weighted by Gasteiger charge is -2.68. The third-order valence-electron chi connectivity index (χ3n) is 10.8. The third-order valence-corrected chi connectivity index (χ3v) is 17.2. The predicted octanol–water partition coefficient (Wildman–Crippen LogP) is 9.43. The summed E-state index contributed by atoms with van der Waals surface area (Å²) < 4.78 is 9.05. The molecule has 1 aromatic heterocycles. The van der Waals surface area contributed by atoms with Gasteiger partial charge in [-0.05, 0) is 93.0 Å². The van der Waals surface area contributed by atoms with Crippen molar-refractivity contribution in [1.82, 2.24) is 4.57 Å². The molecule has 0 saturated carbocycles. The van der Waals surface area contributed by atoms with Crippen molar-refractivity contribution >= 4 is 24.5 Å². The van der Waals surface area contributed by atoms with Crippen molar-refractivity contribution in [3.8, 4) is 11.3 Å². The molecule has 4 aromatic rings. The molecule has 0 amide bonds. The van der Waals surface area contributed by atoms with Gasteiger partial charge in [0.15, 0.2) is 0 Å². The van der Waals surface area contributed by atoms with E-state index in [-0.39, 0.29) is 15.7 Å². The van der Waals surface area contributed by atoms with Crippen LogP contribution >= 0.6 is 0 Å². The number of fused-ring (bicyclic) bond motifs is 9. The molecule has 41 heavy (non-hydrogen) atoms. The smallest absolute Gasteiger partial charge is 0.0853 e. The summed E-state index contributed by atoms with van der Waals surface area (Å²) in [7, 11) is 0.0508. The second-order valence-corrected chi connectivity index (χ2v) is 18.9. The molecular formula is C38H43NOSi. The molecule has 2 spiro atoms. The van der Waals surface area contributed by atoms with Gasteiger partial charge in [-0.2, -0.15) is 0 Å². The summed E-state index contributed by atoms with van der Waals surface area (Å²) in [4.78, 5) is 0. The molecule has 7 rings (SSSR count). The molecule has 210 valence electrons. The normalized spacial score (nSPS) is 25.8. The Morgan fingerprint density at radius 2 is 1.71 bits per heavy atom. The fraction of sp³-hybridized carbons (Fsp3) is 0.368. The zero-order chi connectivity index (χ0) is 28.8. The van der Waals surface area contributed by atoms with Crippen LogP contribution in [0.1, 0.15) is 67.9 Å². The van der Waals surface area contributed by atoms with Gasteiger partial charge in [-0.3, -0.25) is 0 Å². The Kier molecular flexibility index (Phi) is 5.82. The molecule has 3 unspecified atom stereocenters. The fourth-order valence-corrected chi connectivity index (χ4v) is 15.1. The van der Waals surface area contributed by atoms with Gasteiger partial charge in [0.05, 0.1) is 19.4 Å². The number of hydrogen-bond acceptors (Lipinski definition) is 1. The Morgan fingerprint density at radius 1 is 1.00 bits per heavy atom. The number of aromatic nitrogens is 1. The van der Waals surface area contributed by atoms with Crippen LogP contribution in [0.5, 0.6) is 0 Å². The SMILES string of the molecule is C=CCCC1=CC2(CC3(c4ccccc4-c4c3c3cc(C)ccc3n4C)[Si]2(C)CCOC(C)(C)C)c2ccccc21. The maximum Gasteiger partial charge on any atom is 0.0853 e. The highest BCUT2D eigenvalue weighted by Gasteiger charge is 2.76. The van der Waals surface area contributed by atoms with Crippen LogP contribution in [0.15, 0.2) is 85.5 Å². The monoisotopic (exact) mass is 557 g/mol. The van der Waals surface area contributed by atoms with Crippen LogP contribution in [0.3, 0.4) is 0 Å². The minimum absolute atomic E-state index is 0.0327. The number of hydrogen-bond donors (Lipinski definition) is 0. The highest BCUT2D eigenvalue weighted by Crippen LogP contribution is 2.74. The lowest BCUT2D eigenvalue weighted by Crippen LogP contribution is -2.77. The first-order valence-electron chi connectivity index (χ1n) is 15.3. The van der Waals surface area contributed by atoms with Gasteiger partial charge in [0.25, 0.3) is 0 Å². The Morgan fingerprint density at radius 3 is 2.44 bits per heavy atom. The minimum Gasteiger partial charge on any atom is -0.376 e. The number of allylic oxidation sites excluding steroid dienone is 3. The van der Waals surface area contributed by atoms with Crippen LogP contribution < -0.4 is 0 Å². The van der Waals surface area contributed by atoms with Crippen molar-refractivity contribution < 1.29 is 4.74 Å². The minimum atomic E-state index is -2.23. The summed E-state index contributed by atoms with van der Waals surface area (Å²) in [5.41, 5.74) is 13.1. The number of aryl methyl sites for hydroxylation is 2. The average Bonchev–Trinajstić information content (AvgIpc) is 3.54. The van der Waals surface area contributed by atoms with Gasteiger partial charge in [0.2, 0.25) is 0 Å². The molecule has 1 saturated heterocycles.